The van der Waals surface area contributed by atoms with Crippen LogP contribution in [0.5, 0.6) is 0 Å². The van der Waals surface area contributed by atoms with E-state index in [1.807, 2.05) is 24.3 Å². The minimum Gasteiger partial charge on any atom is -0.324 e. The van der Waals surface area contributed by atoms with Gasteiger partial charge in [0.1, 0.15) is 0 Å². The van der Waals surface area contributed by atoms with Crippen molar-refractivity contribution in [2.24, 2.45) is 0 Å². The van der Waals surface area contributed by atoms with Gasteiger partial charge in [0.2, 0.25) is 5.91 Å². The fraction of sp³-hybridized carbons (Fsp3) is 0.0588. The minimum atomic E-state index is -0.467. The van der Waals surface area contributed by atoms with E-state index in [0.29, 0.717) is 11.3 Å². The Hall–Kier alpha value is -3.28. The second kappa shape index (κ2) is 6.23. The Balaban J connectivity index is 1.75. The largest absolute Gasteiger partial charge is 0.324 e. The Morgan fingerprint density at radius 2 is 1.83 bits per heavy atom. The lowest BCUT2D eigenvalue weighted by atomic mass is 10.1. The van der Waals surface area contributed by atoms with E-state index in [2.05, 4.69) is 10.3 Å². The molecule has 1 heterocycles. The van der Waals surface area contributed by atoms with Gasteiger partial charge in [-0.15, -0.1) is 0 Å². The molecule has 0 atom stereocenters. The average molecular weight is 307 g/mol. The minimum absolute atomic E-state index is 0.00686. The molecule has 3 rings (SSSR count). The Morgan fingerprint density at radius 3 is 2.57 bits per heavy atom. The lowest BCUT2D eigenvalue weighted by molar-refractivity contribution is -0.384. The Kier molecular flexibility index (Phi) is 3.97. The van der Waals surface area contributed by atoms with E-state index in [1.54, 1.807) is 24.4 Å². The Morgan fingerprint density at radius 1 is 1.09 bits per heavy atom. The van der Waals surface area contributed by atoms with Crippen LogP contribution in [0.15, 0.2) is 60.8 Å². The molecule has 3 aromatic rings. The summed E-state index contributed by atoms with van der Waals surface area (Å²) in [4.78, 5) is 26.6. The normalized spacial score (nSPS) is 10.4. The summed E-state index contributed by atoms with van der Waals surface area (Å²) in [5.74, 6) is -0.197. The monoisotopic (exact) mass is 307 g/mol. The maximum atomic E-state index is 12.2. The van der Waals surface area contributed by atoms with Crippen LogP contribution in [0.4, 0.5) is 11.4 Å². The zero-order valence-electron chi connectivity index (χ0n) is 12.1. The van der Waals surface area contributed by atoms with Gasteiger partial charge in [-0.25, -0.2) is 0 Å². The summed E-state index contributed by atoms with van der Waals surface area (Å²) in [6, 6.07) is 15.3. The molecule has 0 saturated heterocycles. The summed E-state index contributed by atoms with van der Waals surface area (Å²) in [7, 11) is 0. The van der Waals surface area contributed by atoms with Gasteiger partial charge >= 0.3 is 0 Å². The lowest BCUT2D eigenvalue weighted by Crippen LogP contribution is -2.14. The number of hydrogen-bond donors (Lipinski definition) is 1. The van der Waals surface area contributed by atoms with Crippen molar-refractivity contribution in [1.29, 1.82) is 0 Å². The first-order valence-electron chi connectivity index (χ1n) is 7.00. The first-order valence-corrected chi connectivity index (χ1v) is 7.00. The number of fused-ring (bicyclic) bond motifs is 1. The molecule has 1 N–H and O–H groups in total. The molecule has 0 bridgehead atoms. The standard InChI is InChI=1S/C17H13N3O3/c21-16(11-12-6-8-14(9-7-12)20(22)23)19-15-5-1-3-13-4-2-10-18-17(13)15/h1-10H,11H2,(H,19,21). The number of rotatable bonds is 4. The van der Waals surface area contributed by atoms with Crippen LogP contribution in [0.1, 0.15) is 5.56 Å². The highest BCUT2D eigenvalue weighted by atomic mass is 16.6. The van der Waals surface area contributed by atoms with Crippen molar-refractivity contribution >= 4 is 28.2 Å². The highest BCUT2D eigenvalue weighted by Gasteiger charge is 2.09. The number of benzene rings is 2. The molecule has 0 aliphatic carbocycles. The summed E-state index contributed by atoms with van der Waals surface area (Å²) in [5.41, 5.74) is 2.09. The number of nitro groups is 1. The smallest absolute Gasteiger partial charge is 0.269 e. The molecule has 6 heteroatoms. The van der Waals surface area contributed by atoms with Gasteiger partial charge in [-0.3, -0.25) is 19.9 Å². The van der Waals surface area contributed by atoms with Crippen molar-refractivity contribution in [2.75, 3.05) is 5.32 Å². The van der Waals surface area contributed by atoms with Crippen molar-refractivity contribution in [1.82, 2.24) is 4.98 Å². The number of carbonyl (C=O) groups excluding carboxylic acids is 1. The van der Waals surface area contributed by atoms with Crippen molar-refractivity contribution in [3.8, 4) is 0 Å². The van der Waals surface area contributed by atoms with Crippen LogP contribution in [0, 0.1) is 10.1 Å². The fourth-order valence-corrected chi connectivity index (χ4v) is 2.32. The van der Waals surface area contributed by atoms with Crippen molar-refractivity contribution in [3.63, 3.8) is 0 Å². The number of para-hydroxylation sites is 1. The number of nitrogens with zero attached hydrogens (tertiary/aromatic N) is 2. The zero-order chi connectivity index (χ0) is 16.2. The van der Waals surface area contributed by atoms with Gasteiger partial charge in [-0.2, -0.15) is 0 Å². The molecule has 2 aromatic carbocycles. The maximum absolute atomic E-state index is 12.2. The number of aromatic nitrogens is 1. The molecular weight excluding hydrogens is 294 g/mol. The van der Waals surface area contributed by atoms with Crippen LogP contribution in [0.2, 0.25) is 0 Å². The predicted octanol–water partition coefficient (Wildman–Crippen LogP) is 3.32. The van der Waals surface area contributed by atoms with Gasteiger partial charge in [-0.1, -0.05) is 30.3 Å². The molecule has 1 aromatic heterocycles. The number of carbonyl (C=O) groups is 1. The number of nitro benzene ring substituents is 1. The molecule has 0 aliphatic heterocycles. The van der Waals surface area contributed by atoms with Gasteiger partial charge < -0.3 is 5.32 Å². The van der Waals surface area contributed by atoms with E-state index < -0.39 is 4.92 Å². The molecule has 0 aliphatic rings. The molecule has 0 saturated carbocycles. The van der Waals surface area contributed by atoms with E-state index >= 15 is 0 Å². The van der Waals surface area contributed by atoms with Gasteiger partial charge in [0.05, 0.1) is 22.5 Å². The van der Waals surface area contributed by atoms with E-state index in [-0.39, 0.29) is 18.0 Å². The third-order valence-corrected chi connectivity index (χ3v) is 3.42. The van der Waals surface area contributed by atoms with E-state index in [0.717, 1.165) is 10.9 Å². The average Bonchev–Trinajstić information content (AvgIpc) is 2.55. The summed E-state index contributed by atoms with van der Waals surface area (Å²) >= 11 is 0. The third-order valence-electron chi connectivity index (χ3n) is 3.42. The second-order valence-corrected chi connectivity index (χ2v) is 5.03. The van der Waals surface area contributed by atoms with Crippen molar-refractivity contribution in [2.45, 2.75) is 6.42 Å². The van der Waals surface area contributed by atoms with E-state index in [9.17, 15) is 14.9 Å². The van der Waals surface area contributed by atoms with Crippen molar-refractivity contribution in [3.05, 3.63) is 76.5 Å². The van der Waals surface area contributed by atoms with Crippen LogP contribution in [-0.2, 0) is 11.2 Å². The topological polar surface area (TPSA) is 85.1 Å². The van der Waals surface area contributed by atoms with Crippen LogP contribution in [-0.4, -0.2) is 15.8 Å². The first kappa shape index (κ1) is 14.6. The summed E-state index contributed by atoms with van der Waals surface area (Å²) < 4.78 is 0. The number of amides is 1. The number of pyridine rings is 1. The second-order valence-electron chi connectivity index (χ2n) is 5.03. The zero-order valence-corrected chi connectivity index (χ0v) is 12.1. The quantitative estimate of drug-likeness (QED) is 0.592. The SMILES string of the molecule is O=C(Cc1ccc([N+](=O)[O-])cc1)Nc1cccc2cccnc12. The molecular formula is C17H13N3O3. The molecule has 6 nitrogen and oxygen atoms in total. The summed E-state index contributed by atoms with van der Waals surface area (Å²) in [6.07, 6.45) is 1.82. The molecule has 0 radical (unpaired) electrons. The van der Waals surface area contributed by atoms with Crippen LogP contribution < -0.4 is 5.32 Å². The Bertz CT molecular complexity index is 870. The fourth-order valence-electron chi connectivity index (χ4n) is 2.32. The summed E-state index contributed by atoms with van der Waals surface area (Å²) in [5, 5.41) is 14.4. The van der Waals surface area contributed by atoms with Gasteiger partial charge in [0.25, 0.3) is 5.69 Å². The molecule has 1 amide bonds. The highest BCUT2D eigenvalue weighted by Crippen LogP contribution is 2.21. The van der Waals surface area contributed by atoms with Crippen LogP contribution in [0.3, 0.4) is 0 Å². The number of anilines is 1. The predicted molar refractivity (Wildman–Crippen MR) is 87.2 cm³/mol. The van der Waals surface area contributed by atoms with Crippen molar-refractivity contribution < 1.29 is 9.72 Å². The van der Waals surface area contributed by atoms with Gasteiger partial charge in [-0.05, 0) is 17.7 Å². The number of nitrogens with one attached hydrogen (secondary N) is 1. The lowest BCUT2D eigenvalue weighted by Gasteiger charge is -2.08. The molecule has 23 heavy (non-hydrogen) atoms. The van der Waals surface area contributed by atoms with Gasteiger partial charge in [0, 0.05) is 23.7 Å². The van der Waals surface area contributed by atoms with E-state index in [4.69, 9.17) is 0 Å². The highest BCUT2D eigenvalue weighted by molar-refractivity contribution is 6.00. The maximum Gasteiger partial charge on any atom is 0.269 e. The number of hydrogen-bond acceptors (Lipinski definition) is 4. The van der Waals surface area contributed by atoms with Gasteiger partial charge in [0.15, 0.2) is 0 Å². The summed E-state index contributed by atoms with van der Waals surface area (Å²) in [6.45, 7) is 0. The van der Waals surface area contributed by atoms with Crippen LogP contribution >= 0.6 is 0 Å². The van der Waals surface area contributed by atoms with Crippen LogP contribution in [0.25, 0.3) is 10.9 Å². The molecule has 114 valence electrons. The molecule has 0 fully saturated rings. The third kappa shape index (κ3) is 3.32. The molecule has 0 unspecified atom stereocenters. The Labute approximate surface area is 131 Å². The first-order chi connectivity index (χ1) is 11.1. The van der Waals surface area contributed by atoms with E-state index in [1.165, 1.54) is 12.1 Å². The number of non-ortho nitro benzene ring substituents is 1. The molecule has 0 spiro atoms.